The number of aliphatic carboxylic acids is 1. The maximum Gasteiger partial charge on any atom is 0.322 e. The molecule has 0 radical (unpaired) electrons. The van der Waals surface area contributed by atoms with Gasteiger partial charge in [0.2, 0.25) is 10.0 Å². The predicted molar refractivity (Wildman–Crippen MR) is 99.6 cm³/mol. The molecular formula is C19H20N2O4S. The highest BCUT2D eigenvalue weighted by Gasteiger charge is 2.26. The molecule has 1 atom stereocenters. The molecule has 1 aromatic heterocycles. The van der Waals surface area contributed by atoms with Crippen molar-refractivity contribution in [2.75, 3.05) is 0 Å². The number of H-pyrrole nitrogens is 1. The summed E-state index contributed by atoms with van der Waals surface area (Å²) in [6, 6.07) is 12.7. The Bertz CT molecular complexity index is 1020. The van der Waals surface area contributed by atoms with E-state index in [0.717, 1.165) is 28.5 Å². The fraction of sp³-hybridized carbons (Fsp3) is 0.211. The molecule has 3 N–H and O–H groups in total. The smallest absolute Gasteiger partial charge is 0.322 e. The molecule has 3 rings (SSSR count). The maximum atomic E-state index is 12.6. The molecule has 136 valence electrons. The normalized spacial score (nSPS) is 13.0. The van der Waals surface area contributed by atoms with Gasteiger partial charge in [-0.25, -0.2) is 8.42 Å². The van der Waals surface area contributed by atoms with Crippen LogP contribution < -0.4 is 4.72 Å². The molecular weight excluding hydrogens is 352 g/mol. The molecule has 0 aliphatic rings. The first-order chi connectivity index (χ1) is 12.4. The Labute approximate surface area is 151 Å². The van der Waals surface area contributed by atoms with Crippen LogP contribution in [0.1, 0.15) is 18.1 Å². The van der Waals surface area contributed by atoms with Crippen molar-refractivity contribution in [2.24, 2.45) is 0 Å². The Morgan fingerprint density at radius 2 is 1.85 bits per heavy atom. The third-order valence-corrected chi connectivity index (χ3v) is 5.82. The van der Waals surface area contributed by atoms with Gasteiger partial charge in [-0.05, 0) is 35.7 Å². The van der Waals surface area contributed by atoms with E-state index in [1.165, 1.54) is 12.1 Å². The molecule has 0 fully saturated rings. The molecule has 3 aromatic rings. The van der Waals surface area contributed by atoms with Crippen molar-refractivity contribution in [3.05, 3.63) is 65.9 Å². The molecule has 0 aliphatic carbocycles. The van der Waals surface area contributed by atoms with Gasteiger partial charge in [0.05, 0.1) is 4.90 Å². The number of carboxylic acids is 1. The standard InChI is InChI=1S/C19H20N2O4S/c1-2-13-7-9-15(10-8-13)26(24,25)21-18(19(22)23)11-14-12-20-17-6-4-3-5-16(14)17/h3-10,12,18,20-21H,2,11H2,1H3,(H,22,23). The molecule has 0 aliphatic heterocycles. The summed E-state index contributed by atoms with van der Waals surface area (Å²) in [6.07, 6.45) is 2.56. The minimum atomic E-state index is -3.93. The molecule has 26 heavy (non-hydrogen) atoms. The van der Waals surface area contributed by atoms with Crippen LogP contribution in [0.3, 0.4) is 0 Å². The van der Waals surface area contributed by atoms with Crippen molar-refractivity contribution in [1.82, 2.24) is 9.71 Å². The fourth-order valence-corrected chi connectivity index (χ4v) is 4.05. The van der Waals surface area contributed by atoms with Gasteiger partial charge in [0, 0.05) is 23.5 Å². The lowest BCUT2D eigenvalue weighted by Gasteiger charge is -2.15. The first kappa shape index (κ1) is 18.2. The lowest BCUT2D eigenvalue weighted by molar-refractivity contribution is -0.138. The van der Waals surface area contributed by atoms with Gasteiger partial charge in [-0.2, -0.15) is 4.72 Å². The van der Waals surface area contributed by atoms with E-state index in [-0.39, 0.29) is 11.3 Å². The largest absolute Gasteiger partial charge is 0.480 e. The topological polar surface area (TPSA) is 99.3 Å². The Balaban J connectivity index is 1.84. The van der Waals surface area contributed by atoms with Gasteiger partial charge in [-0.15, -0.1) is 0 Å². The van der Waals surface area contributed by atoms with Crippen molar-refractivity contribution in [3.63, 3.8) is 0 Å². The molecule has 2 aromatic carbocycles. The molecule has 1 unspecified atom stereocenters. The second kappa shape index (κ2) is 7.31. The lowest BCUT2D eigenvalue weighted by Crippen LogP contribution is -2.42. The number of hydrogen-bond acceptors (Lipinski definition) is 3. The van der Waals surface area contributed by atoms with Gasteiger partial charge >= 0.3 is 5.97 Å². The average molecular weight is 372 g/mol. The maximum absolute atomic E-state index is 12.6. The number of benzene rings is 2. The summed E-state index contributed by atoms with van der Waals surface area (Å²) < 4.78 is 27.4. The molecule has 0 bridgehead atoms. The number of fused-ring (bicyclic) bond motifs is 1. The van der Waals surface area contributed by atoms with Gasteiger partial charge in [-0.3, -0.25) is 4.79 Å². The van der Waals surface area contributed by atoms with Crippen molar-refractivity contribution in [2.45, 2.75) is 30.7 Å². The van der Waals surface area contributed by atoms with Gasteiger partial charge in [0.15, 0.2) is 0 Å². The zero-order valence-electron chi connectivity index (χ0n) is 14.3. The van der Waals surface area contributed by atoms with Crippen LogP contribution in [0.4, 0.5) is 0 Å². The number of para-hydroxylation sites is 1. The highest BCUT2D eigenvalue weighted by molar-refractivity contribution is 7.89. The summed E-state index contributed by atoms with van der Waals surface area (Å²) in [6.45, 7) is 1.98. The van der Waals surface area contributed by atoms with E-state index in [2.05, 4.69) is 9.71 Å². The summed E-state index contributed by atoms with van der Waals surface area (Å²) in [5.41, 5.74) is 2.64. The molecule has 6 nitrogen and oxygen atoms in total. The second-order valence-corrected chi connectivity index (χ2v) is 7.79. The molecule has 0 amide bonds. The van der Waals surface area contributed by atoms with Crippen LogP contribution in [0.2, 0.25) is 0 Å². The van der Waals surface area contributed by atoms with Gasteiger partial charge in [0.1, 0.15) is 6.04 Å². The van der Waals surface area contributed by atoms with Crippen LogP contribution in [0, 0.1) is 0 Å². The average Bonchev–Trinajstić information content (AvgIpc) is 3.04. The number of carbonyl (C=O) groups is 1. The van der Waals surface area contributed by atoms with Crippen molar-refractivity contribution < 1.29 is 18.3 Å². The highest BCUT2D eigenvalue weighted by Crippen LogP contribution is 2.20. The zero-order chi connectivity index (χ0) is 18.7. The van der Waals surface area contributed by atoms with Crippen LogP contribution in [0.15, 0.2) is 59.6 Å². The third kappa shape index (κ3) is 3.79. The minimum absolute atomic E-state index is 0.0472. The van der Waals surface area contributed by atoms with E-state index in [1.807, 2.05) is 31.2 Å². The third-order valence-electron chi connectivity index (χ3n) is 4.34. The molecule has 0 saturated heterocycles. The SMILES string of the molecule is CCc1ccc(S(=O)(=O)NC(Cc2c[nH]c3ccccc23)C(=O)O)cc1. The van der Waals surface area contributed by atoms with Crippen molar-refractivity contribution in [3.8, 4) is 0 Å². The number of sulfonamides is 1. The number of aromatic nitrogens is 1. The molecule has 0 saturated carbocycles. The van der Waals surface area contributed by atoms with E-state index in [1.54, 1.807) is 18.3 Å². The van der Waals surface area contributed by atoms with E-state index in [0.29, 0.717) is 0 Å². The monoisotopic (exact) mass is 372 g/mol. The van der Waals surface area contributed by atoms with Crippen LogP contribution in [0.5, 0.6) is 0 Å². The second-order valence-electron chi connectivity index (χ2n) is 6.07. The predicted octanol–water partition coefficient (Wildman–Crippen LogP) is 2.70. The Morgan fingerprint density at radius 3 is 2.50 bits per heavy atom. The van der Waals surface area contributed by atoms with E-state index in [4.69, 9.17) is 0 Å². The Kier molecular flexibility index (Phi) is 5.11. The summed E-state index contributed by atoms with van der Waals surface area (Å²) in [4.78, 5) is 14.8. The Hall–Kier alpha value is -2.64. The van der Waals surface area contributed by atoms with Gasteiger partial charge in [-0.1, -0.05) is 37.3 Å². The summed E-state index contributed by atoms with van der Waals surface area (Å²) >= 11 is 0. The molecule has 7 heteroatoms. The number of hydrogen-bond donors (Lipinski definition) is 3. The Morgan fingerprint density at radius 1 is 1.15 bits per heavy atom. The van der Waals surface area contributed by atoms with Crippen LogP contribution in [-0.2, 0) is 27.7 Å². The lowest BCUT2D eigenvalue weighted by atomic mass is 10.1. The van der Waals surface area contributed by atoms with Gasteiger partial charge < -0.3 is 10.1 Å². The van der Waals surface area contributed by atoms with Crippen LogP contribution in [0.25, 0.3) is 10.9 Å². The minimum Gasteiger partial charge on any atom is -0.480 e. The van der Waals surface area contributed by atoms with E-state index in [9.17, 15) is 18.3 Å². The molecule has 0 spiro atoms. The molecule has 1 heterocycles. The van der Waals surface area contributed by atoms with Crippen molar-refractivity contribution in [1.29, 1.82) is 0 Å². The highest BCUT2D eigenvalue weighted by atomic mass is 32.2. The number of rotatable bonds is 7. The summed E-state index contributed by atoms with van der Waals surface area (Å²) in [7, 11) is -3.93. The van der Waals surface area contributed by atoms with E-state index < -0.39 is 22.0 Å². The fourth-order valence-electron chi connectivity index (χ4n) is 2.86. The number of aryl methyl sites for hydroxylation is 1. The zero-order valence-corrected chi connectivity index (χ0v) is 15.1. The first-order valence-corrected chi connectivity index (χ1v) is 9.78. The van der Waals surface area contributed by atoms with Gasteiger partial charge in [0.25, 0.3) is 0 Å². The summed E-state index contributed by atoms with van der Waals surface area (Å²) in [5.74, 6) is -1.22. The summed E-state index contributed by atoms with van der Waals surface area (Å²) in [5, 5.41) is 10.4. The van der Waals surface area contributed by atoms with Crippen LogP contribution >= 0.6 is 0 Å². The first-order valence-electron chi connectivity index (χ1n) is 8.30. The quantitative estimate of drug-likeness (QED) is 0.594. The van der Waals surface area contributed by atoms with E-state index >= 15 is 0 Å². The van der Waals surface area contributed by atoms with Crippen molar-refractivity contribution >= 4 is 26.9 Å². The number of nitrogens with one attached hydrogen (secondary N) is 2. The number of carboxylic acid groups (broad SMARTS) is 1. The van der Waals surface area contributed by atoms with Crippen LogP contribution in [-0.4, -0.2) is 30.5 Å². The number of aromatic amines is 1.